The minimum Gasteiger partial charge on any atom is -0.353 e. The standard InChI is InChI=1S/C17H22ClNO/c18-13-8-10-14(11-9-13)19-17(20)16-7-3-5-12-4-1-2-6-15(12)16/h1-2,4,6,13-14,16H,3,5,7-11H2,(H,19,20). The molecular formula is C17H22ClNO. The lowest BCUT2D eigenvalue weighted by Crippen LogP contribution is -2.41. The molecule has 1 atom stereocenters. The van der Waals surface area contributed by atoms with Gasteiger partial charge in [-0.05, 0) is 56.1 Å². The Kier molecular flexibility index (Phi) is 4.30. The van der Waals surface area contributed by atoms with Crippen molar-refractivity contribution in [2.24, 2.45) is 0 Å². The van der Waals surface area contributed by atoms with E-state index in [-0.39, 0.29) is 11.8 Å². The Balaban J connectivity index is 1.66. The molecule has 2 nitrogen and oxygen atoms in total. The molecule has 0 aliphatic heterocycles. The number of rotatable bonds is 2. The van der Waals surface area contributed by atoms with Crippen molar-refractivity contribution in [2.75, 3.05) is 0 Å². The number of halogens is 1. The molecule has 1 amide bonds. The van der Waals surface area contributed by atoms with E-state index in [1.54, 1.807) is 0 Å². The summed E-state index contributed by atoms with van der Waals surface area (Å²) in [5, 5.41) is 3.56. The molecular weight excluding hydrogens is 270 g/mol. The quantitative estimate of drug-likeness (QED) is 0.826. The highest BCUT2D eigenvalue weighted by Gasteiger charge is 2.28. The Hall–Kier alpha value is -1.02. The van der Waals surface area contributed by atoms with Crippen LogP contribution in [0.5, 0.6) is 0 Å². The minimum absolute atomic E-state index is 0.0497. The van der Waals surface area contributed by atoms with Crippen molar-refractivity contribution in [3.8, 4) is 0 Å². The van der Waals surface area contributed by atoms with E-state index in [4.69, 9.17) is 11.6 Å². The largest absolute Gasteiger partial charge is 0.353 e. The first-order chi connectivity index (χ1) is 9.74. The topological polar surface area (TPSA) is 29.1 Å². The van der Waals surface area contributed by atoms with Crippen molar-refractivity contribution >= 4 is 17.5 Å². The summed E-state index contributed by atoms with van der Waals surface area (Å²) in [7, 11) is 0. The maximum atomic E-state index is 12.6. The zero-order chi connectivity index (χ0) is 13.9. The maximum Gasteiger partial charge on any atom is 0.227 e. The van der Waals surface area contributed by atoms with Crippen LogP contribution >= 0.6 is 11.6 Å². The highest BCUT2D eigenvalue weighted by Crippen LogP contribution is 2.32. The van der Waals surface area contributed by atoms with Crippen molar-refractivity contribution in [2.45, 2.75) is 62.3 Å². The monoisotopic (exact) mass is 291 g/mol. The van der Waals surface area contributed by atoms with E-state index >= 15 is 0 Å². The van der Waals surface area contributed by atoms with Crippen LogP contribution in [-0.4, -0.2) is 17.3 Å². The molecule has 3 heteroatoms. The van der Waals surface area contributed by atoms with Crippen LogP contribution < -0.4 is 5.32 Å². The second kappa shape index (κ2) is 6.17. The number of alkyl halides is 1. The number of hydrogen-bond donors (Lipinski definition) is 1. The lowest BCUT2D eigenvalue weighted by atomic mass is 9.82. The smallest absolute Gasteiger partial charge is 0.227 e. The van der Waals surface area contributed by atoms with Gasteiger partial charge in [0, 0.05) is 11.4 Å². The molecule has 3 rings (SSSR count). The van der Waals surface area contributed by atoms with Crippen molar-refractivity contribution < 1.29 is 4.79 Å². The fraction of sp³-hybridized carbons (Fsp3) is 0.588. The lowest BCUT2D eigenvalue weighted by Gasteiger charge is -2.30. The van der Waals surface area contributed by atoms with Gasteiger partial charge in [0.05, 0.1) is 5.92 Å². The van der Waals surface area contributed by atoms with Gasteiger partial charge < -0.3 is 5.32 Å². The summed E-state index contributed by atoms with van der Waals surface area (Å²) in [6, 6.07) is 8.72. The van der Waals surface area contributed by atoms with E-state index in [0.29, 0.717) is 11.4 Å². The lowest BCUT2D eigenvalue weighted by molar-refractivity contribution is -0.123. The second-order valence-electron chi connectivity index (χ2n) is 6.10. The Bertz CT molecular complexity index is 480. The molecule has 2 aliphatic rings. The van der Waals surface area contributed by atoms with Crippen LogP contribution in [0.4, 0.5) is 0 Å². The van der Waals surface area contributed by atoms with Crippen molar-refractivity contribution in [1.29, 1.82) is 0 Å². The zero-order valence-electron chi connectivity index (χ0n) is 11.8. The SMILES string of the molecule is O=C(NC1CCC(Cl)CC1)C1CCCc2ccccc21. The summed E-state index contributed by atoms with van der Waals surface area (Å²) >= 11 is 6.12. The first-order valence-electron chi connectivity index (χ1n) is 7.76. The molecule has 0 saturated heterocycles. The van der Waals surface area contributed by atoms with E-state index in [9.17, 15) is 4.79 Å². The van der Waals surface area contributed by atoms with Gasteiger partial charge in [-0.15, -0.1) is 11.6 Å². The molecule has 108 valence electrons. The number of carbonyl (C=O) groups excluding carboxylic acids is 1. The van der Waals surface area contributed by atoms with E-state index in [1.807, 2.05) is 6.07 Å². The number of aryl methyl sites for hydroxylation is 1. The molecule has 1 saturated carbocycles. The number of hydrogen-bond acceptors (Lipinski definition) is 1. The van der Waals surface area contributed by atoms with Gasteiger partial charge in [0.25, 0.3) is 0 Å². The van der Waals surface area contributed by atoms with E-state index in [0.717, 1.165) is 44.9 Å². The first kappa shape index (κ1) is 13.9. The molecule has 1 unspecified atom stereocenters. The third kappa shape index (κ3) is 3.01. The normalized spacial score (nSPS) is 29.6. The van der Waals surface area contributed by atoms with E-state index in [1.165, 1.54) is 11.1 Å². The summed E-state index contributed by atoms with van der Waals surface area (Å²) in [5.41, 5.74) is 2.59. The Morgan fingerprint density at radius 1 is 1.10 bits per heavy atom. The summed E-state index contributed by atoms with van der Waals surface area (Å²) in [6.45, 7) is 0. The van der Waals surface area contributed by atoms with Crippen molar-refractivity contribution in [3.05, 3.63) is 35.4 Å². The van der Waals surface area contributed by atoms with Gasteiger partial charge >= 0.3 is 0 Å². The number of amides is 1. The van der Waals surface area contributed by atoms with Gasteiger partial charge in [0.15, 0.2) is 0 Å². The highest BCUT2D eigenvalue weighted by atomic mass is 35.5. The van der Waals surface area contributed by atoms with Crippen LogP contribution in [0.2, 0.25) is 0 Å². The molecule has 0 radical (unpaired) electrons. The predicted octanol–water partition coefficient (Wildman–Crippen LogP) is 3.77. The summed E-state index contributed by atoms with van der Waals surface area (Å²) < 4.78 is 0. The molecule has 0 heterocycles. The minimum atomic E-state index is 0.0497. The van der Waals surface area contributed by atoms with Gasteiger partial charge in [0.1, 0.15) is 0 Å². The average Bonchev–Trinajstić information content (AvgIpc) is 2.49. The molecule has 1 aromatic carbocycles. The number of fused-ring (bicyclic) bond motifs is 1. The van der Waals surface area contributed by atoms with Crippen LogP contribution in [-0.2, 0) is 11.2 Å². The van der Waals surface area contributed by atoms with Crippen LogP contribution in [0.15, 0.2) is 24.3 Å². The van der Waals surface area contributed by atoms with Crippen LogP contribution in [0.3, 0.4) is 0 Å². The summed E-state index contributed by atoms with van der Waals surface area (Å²) in [4.78, 5) is 12.6. The fourth-order valence-corrected chi connectivity index (χ4v) is 3.78. The molecule has 2 aliphatic carbocycles. The van der Waals surface area contributed by atoms with Gasteiger partial charge in [-0.25, -0.2) is 0 Å². The van der Waals surface area contributed by atoms with Gasteiger partial charge in [0.2, 0.25) is 5.91 Å². The maximum absolute atomic E-state index is 12.6. The van der Waals surface area contributed by atoms with Crippen LogP contribution in [0.25, 0.3) is 0 Å². The van der Waals surface area contributed by atoms with E-state index in [2.05, 4.69) is 23.5 Å². The fourth-order valence-electron chi connectivity index (χ4n) is 3.53. The van der Waals surface area contributed by atoms with Crippen LogP contribution in [0.1, 0.15) is 55.6 Å². The van der Waals surface area contributed by atoms with Gasteiger partial charge in [-0.1, -0.05) is 24.3 Å². The molecule has 0 aromatic heterocycles. The van der Waals surface area contributed by atoms with Gasteiger partial charge in [-0.2, -0.15) is 0 Å². The molecule has 20 heavy (non-hydrogen) atoms. The Morgan fingerprint density at radius 2 is 1.85 bits per heavy atom. The summed E-state index contributed by atoms with van der Waals surface area (Å²) in [6.07, 6.45) is 7.29. The van der Waals surface area contributed by atoms with Crippen LogP contribution in [0, 0.1) is 0 Å². The molecule has 1 N–H and O–H groups in total. The molecule has 1 fully saturated rings. The molecule has 0 bridgehead atoms. The van der Waals surface area contributed by atoms with E-state index < -0.39 is 0 Å². The summed E-state index contributed by atoms with van der Waals surface area (Å²) in [5.74, 6) is 0.267. The highest BCUT2D eigenvalue weighted by molar-refractivity contribution is 6.20. The Labute approximate surface area is 125 Å². The van der Waals surface area contributed by atoms with Crippen molar-refractivity contribution in [3.63, 3.8) is 0 Å². The molecule has 1 aromatic rings. The number of carbonyl (C=O) groups is 1. The van der Waals surface area contributed by atoms with Gasteiger partial charge in [-0.3, -0.25) is 4.79 Å². The third-order valence-corrected chi connectivity index (χ3v) is 5.13. The second-order valence-corrected chi connectivity index (χ2v) is 6.72. The molecule has 0 spiro atoms. The number of nitrogens with one attached hydrogen (secondary N) is 1. The predicted molar refractivity (Wildman–Crippen MR) is 82.2 cm³/mol. The van der Waals surface area contributed by atoms with Crippen molar-refractivity contribution in [1.82, 2.24) is 5.32 Å². The Morgan fingerprint density at radius 3 is 2.65 bits per heavy atom. The number of benzene rings is 1. The average molecular weight is 292 g/mol. The third-order valence-electron chi connectivity index (χ3n) is 4.69. The first-order valence-corrected chi connectivity index (χ1v) is 8.20. The zero-order valence-corrected chi connectivity index (χ0v) is 12.5.